The molecule has 0 saturated heterocycles. The Kier molecular flexibility index (Phi) is 5.42. The lowest BCUT2D eigenvalue weighted by atomic mass is 10.2. The first-order valence-electron chi connectivity index (χ1n) is 5.46. The number of nitrogens with one attached hydrogen (secondary N) is 1. The molecule has 4 nitrogen and oxygen atoms in total. The smallest absolute Gasteiger partial charge is 0.226 e. The molecule has 90 valence electrons. The molecule has 1 aromatic heterocycles. The first-order chi connectivity index (χ1) is 7.65. The first kappa shape index (κ1) is 13.1. The topological polar surface area (TPSA) is 62.2 Å². The second-order valence-electron chi connectivity index (χ2n) is 3.85. The average Bonchev–Trinajstić information content (AvgIpc) is 2.73. The molecule has 1 unspecified atom stereocenters. The summed E-state index contributed by atoms with van der Waals surface area (Å²) in [4.78, 5) is 15.8. The van der Waals surface area contributed by atoms with Crippen LogP contribution in [0.15, 0.2) is 5.38 Å². The molecule has 1 aromatic rings. The number of hydrogen-bond donors (Lipinski definition) is 2. The van der Waals surface area contributed by atoms with Gasteiger partial charge in [0.25, 0.3) is 0 Å². The molecule has 0 aliphatic rings. The normalized spacial score (nSPS) is 12.4. The molecular formula is C11H18N2O2S. The molecule has 0 spiro atoms. The Labute approximate surface area is 99.7 Å². The molecule has 1 amide bonds. The van der Waals surface area contributed by atoms with Crippen LogP contribution in [0.2, 0.25) is 0 Å². The molecule has 2 N–H and O–H groups in total. The number of aryl methyl sites for hydroxylation is 1. The van der Waals surface area contributed by atoms with E-state index in [1.165, 1.54) is 0 Å². The number of aliphatic hydroxyl groups excluding tert-OH is 1. The van der Waals surface area contributed by atoms with Crippen molar-refractivity contribution < 1.29 is 9.90 Å². The van der Waals surface area contributed by atoms with Crippen molar-refractivity contribution >= 4 is 17.2 Å². The van der Waals surface area contributed by atoms with Crippen LogP contribution in [0.5, 0.6) is 0 Å². The summed E-state index contributed by atoms with van der Waals surface area (Å²) < 4.78 is 0. The van der Waals surface area contributed by atoms with Gasteiger partial charge >= 0.3 is 0 Å². The molecule has 0 aliphatic heterocycles. The number of amides is 1. The summed E-state index contributed by atoms with van der Waals surface area (Å²) in [6.45, 7) is 4.54. The van der Waals surface area contributed by atoms with E-state index in [2.05, 4.69) is 10.3 Å². The Morgan fingerprint density at radius 3 is 3.00 bits per heavy atom. The van der Waals surface area contributed by atoms with E-state index in [4.69, 9.17) is 5.11 Å². The maximum atomic E-state index is 11.5. The molecule has 0 fully saturated rings. The van der Waals surface area contributed by atoms with Gasteiger partial charge in [0.05, 0.1) is 17.1 Å². The van der Waals surface area contributed by atoms with Gasteiger partial charge in [-0.1, -0.05) is 13.8 Å². The van der Waals surface area contributed by atoms with Crippen molar-refractivity contribution in [2.75, 3.05) is 13.2 Å². The Balaban J connectivity index is 2.33. The van der Waals surface area contributed by atoms with Crippen LogP contribution in [0.1, 0.15) is 24.5 Å². The van der Waals surface area contributed by atoms with Gasteiger partial charge in [-0.15, -0.1) is 11.3 Å². The molecule has 0 aliphatic carbocycles. The lowest BCUT2D eigenvalue weighted by Crippen LogP contribution is -2.30. The molecule has 1 atom stereocenters. The summed E-state index contributed by atoms with van der Waals surface area (Å²) >= 11 is 1.59. The molecule has 0 aromatic carbocycles. The summed E-state index contributed by atoms with van der Waals surface area (Å²) in [5.41, 5.74) is 0.830. The van der Waals surface area contributed by atoms with Gasteiger partial charge in [0.15, 0.2) is 0 Å². The van der Waals surface area contributed by atoms with E-state index in [0.29, 0.717) is 13.0 Å². The summed E-state index contributed by atoms with van der Waals surface area (Å²) in [5.74, 6) is 0.0684. The highest BCUT2D eigenvalue weighted by Gasteiger charge is 2.08. The van der Waals surface area contributed by atoms with Crippen LogP contribution in [0.25, 0.3) is 0 Å². The van der Waals surface area contributed by atoms with Crippen LogP contribution >= 0.6 is 11.3 Å². The number of rotatable bonds is 6. The van der Waals surface area contributed by atoms with E-state index in [1.54, 1.807) is 11.3 Å². The second kappa shape index (κ2) is 6.60. The van der Waals surface area contributed by atoms with Crippen molar-refractivity contribution in [2.24, 2.45) is 5.92 Å². The van der Waals surface area contributed by atoms with Crippen molar-refractivity contribution in [3.05, 3.63) is 16.1 Å². The molecule has 16 heavy (non-hydrogen) atoms. The molecule has 1 heterocycles. The summed E-state index contributed by atoms with van der Waals surface area (Å²) in [7, 11) is 0. The fourth-order valence-electron chi connectivity index (χ4n) is 1.17. The van der Waals surface area contributed by atoms with Gasteiger partial charge < -0.3 is 10.4 Å². The highest BCUT2D eigenvalue weighted by atomic mass is 32.1. The fourth-order valence-corrected chi connectivity index (χ4v) is 1.92. The Bertz CT molecular complexity index is 338. The third kappa shape index (κ3) is 4.28. The van der Waals surface area contributed by atoms with Crippen molar-refractivity contribution in [1.82, 2.24) is 10.3 Å². The van der Waals surface area contributed by atoms with Gasteiger partial charge in [-0.2, -0.15) is 0 Å². The summed E-state index contributed by atoms with van der Waals surface area (Å²) in [6, 6.07) is 0. The van der Waals surface area contributed by atoms with Gasteiger partial charge in [0, 0.05) is 18.5 Å². The van der Waals surface area contributed by atoms with Crippen LogP contribution in [0, 0.1) is 5.92 Å². The van der Waals surface area contributed by atoms with E-state index in [9.17, 15) is 4.79 Å². The lowest BCUT2D eigenvalue weighted by Gasteiger charge is -2.08. The number of hydrogen-bond acceptors (Lipinski definition) is 4. The fraction of sp³-hybridized carbons (Fsp3) is 0.636. The van der Waals surface area contributed by atoms with Gasteiger partial charge in [-0.25, -0.2) is 4.98 Å². The van der Waals surface area contributed by atoms with Crippen molar-refractivity contribution in [3.8, 4) is 0 Å². The first-order valence-corrected chi connectivity index (χ1v) is 6.34. The maximum Gasteiger partial charge on any atom is 0.226 e. The SMILES string of the molecule is CCc1nc(CC(=O)NCC(C)CO)cs1. The number of aromatic nitrogens is 1. The zero-order chi connectivity index (χ0) is 12.0. The number of aliphatic hydroxyl groups is 1. The van der Waals surface area contributed by atoms with Crippen molar-refractivity contribution in [1.29, 1.82) is 0 Å². The van der Waals surface area contributed by atoms with Crippen LogP contribution < -0.4 is 5.32 Å². The minimum atomic E-state index is -0.0340. The molecule has 0 bridgehead atoms. The molecule has 0 radical (unpaired) electrons. The Hall–Kier alpha value is -0.940. The zero-order valence-corrected chi connectivity index (χ0v) is 10.5. The van der Waals surface area contributed by atoms with Gasteiger partial charge in [0.1, 0.15) is 0 Å². The van der Waals surface area contributed by atoms with Crippen LogP contribution in [0.4, 0.5) is 0 Å². The maximum absolute atomic E-state index is 11.5. The van der Waals surface area contributed by atoms with E-state index in [1.807, 2.05) is 19.2 Å². The highest BCUT2D eigenvalue weighted by molar-refractivity contribution is 7.09. The average molecular weight is 242 g/mol. The van der Waals surface area contributed by atoms with Crippen LogP contribution in [0.3, 0.4) is 0 Å². The largest absolute Gasteiger partial charge is 0.396 e. The Morgan fingerprint density at radius 1 is 1.69 bits per heavy atom. The Morgan fingerprint density at radius 2 is 2.44 bits per heavy atom. The quantitative estimate of drug-likeness (QED) is 0.782. The number of thiazole rings is 1. The van der Waals surface area contributed by atoms with E-state index in [0.717, 1.165) is 17.1 Å². The van der Waals surface area contributed by atoms with Gasteiger partial charge in [-0.3, -0.25) is 4.79 Å². The summed E-state index contributed by atoms with van der Waals surface area (Å²) in [6.07, 6.45) is 1.24. The van der Waals surface area contributed by atoms with Gasteiger partial charge in [0.2, 0.25) is 5.91 Å². The second-order valence-corrected chi connectivity index (χ2v) is 4.80. The minimum Gasteiger partial charge on any atom is -0.396 e. The van der Waals surface area contributed by atoms with Crippen LogP contribution in [-0.2, 0) is 17.6 Å². The van der Waals surface area contributed by atoms with Crippen molar-refractivity contribution in [3.63, 3.8) is 0 Å². The number of carbonyl (C=O) groups is 1. The van der Waals surface area contributed by atoms with E-state index < -0.39 is 0 Å². The van der Waals surface area contributed by atoms with E-state index >= 15 is 0 Å². The minimum absolute atomic E-state index is 0.0340. The van der Waals surface area contributed by atoms with Crippen molar-refractivity contribution in [2.45, 2.75) is 26.7 Å². The molecule has 0 saturated carbocycles. The molecular weight excluding hydrogens is 224 g/mol. The number of nitrogens with zero attached hydrogens (tertiary/aromatic N) is 1. The third-order valence-corrected chi connectivity index (χ3v) is 3.24. The standard InChI is InChI=1S/C11H18N2O2S/c1-3-11-13-9(7-16-11)4-10(15)12-5-8(2)6-14/h7-8,14H,3-6H2,1-2H3,(H,12,15). The summed E-state index contributed by atoms with van der Waals surface area (Å²) in [5, 5.41) is 14.6. The zero-order valence-electron chi connectivity index (χ0n) is 9.69. The molecule has 1 rings (SSSR count). The van der Waals surface area contributed by atoms with E-state index in [-0.39, 0.29) is 18.4 Å². The monoisotopic (exact) mass is 242 g/mol. The third-order valence-electron chi connectivity index (χ3n) is 2.20. The lowest BCUT2D eigenvalue weighted by molar-refractivity contribution is -0.120. The number of carbonyl (C=O) groups excluding carboxylic acids is 1. The predicted molar refractivity (Wildman–Crippen MR) is 64.5 cm³/mol. The highest BCUT2D eigenvalue weighted by Crippen LogP contribution is 2.10. The molecule has 5 heteroatoms. The van der Waals surface area contributed by atoms with Crippen LogP contribution in [-0.4, -0.2) is 29.1 Å². The van der Waals surface area contributed by atoms with Gasteiger partial charge in [-0.05, 0) is 12.3 Å². The predicted octanol–water partition coefficient (Wildman–Crippen LogP) is 0.993.